The smallest absolute Gasteiger partial charge is 0.123 e. The molecule has 0 spiro atoms. The summed E-state index contributed by atoms with van der Waals surface area (Å²) in [6, 6.07) is 15.3. The van der Waals surface area contributed by atoms with Gasteiger partial charge in [0.1, 0.15) is 5.82 Å². The third-order valence-electron chi connectivity index (χ3n) is 5.18. The van der Waals surface area contributed by atoms with Crippen molar-refractivity contribution in [2.24, 2.45) is 0 Å². The zero-order chi connectivity index (χ0) is 17.2. The summed E-state index contributed by atoms with van der Waals surface area (Å²) >= 11 is 0. The molecule has 0 aliphatic heterocycles. The molecule has 0 N–H and O–H groups in total. The maximum absolute atomic E-state index is 13.4. The number of fused-ring (bicyclic) bond motifs is 1. The molecule has 0 saturated heterocycles. The Bertz CT molecular complexity index is 758. The summed E-state index contributed by atoms with van der Waals surface area (Å²) in [4.78, 5) is 2.20. The fraction of sp³-hybridized carbons (Fsp3) is 0.381. The normalized spacial score (nSPS) is 19.3. The third kappa shape index (κ3) is 3.07. The van der Waals surface area contributed by atoms with Crippen LogP contribution in [0.25, 0.3) is 0 Å². The first-order valence-electron chi connectivity index (χ1n) is 8.49. The minimum absolute atomic E-state index is 0.0625. The van der Waals surface area contributed by atoms with E-state index in [-0.39, 0.29) is 11.2 Å². The fourth-order valence-electron chi connectivity index (χ4n) is 3.99. The highest BCUT2D eigenvalue weighted by molar-refractivity contribution is 5.51. The molecule has 1 aliphatic carbocycles. The summed E-state index contributed by atoms with van der Waals surface area (Å²) in [5, 5.41) is 9.15. The first kappa shape index (κ1) is 16.7. The Balaban J connectivity index is 2.02. The van der Waals surface area contributed by atoms with Crippen LogP contribution in [0.3, 0.4) is 0 Å². The third-order valence-corrected chi connectivity index (χ3v) is 5.18. The summed E-state index contributed by atoms with van der Waals surface area (Å²) < 4.78 is 13.4. The number of benzene rings is 2. The zero-order valence-electron chi connectivity index (χ0n) is 14.3. The molecule has 3 rings (SSSR count). The van der Waals surface area contributed by atoms with Gasteiger partial charge in [0.25, 0.3) is 0 Å². The molecule has 0 saturated carbocycles. The minimum Gasteiger partial charge on any atom is -0.309 e. The standard InChI is InChI=1S/C21H23FN2/c1-24(2)13-3-11-21(18-5-7-19(22)8-6-18)12-10-17-14-16(15-23)4-9-20(17)21/h4-9,14H,3,10-13H2,1-2H3/i1-1. The predicted octanol–water partition coefficient (Wildman–Crippen LogP) is 4.27. The molecule has 3 heteroatoms. The van der Waals surface area contributed by atoms with Crippen molar-refractivity contribution in [1.29, 1.82) is 5.26 Å². The molecular formula is C21H23FN2. The highest BCUT2D eigenvalue weighted by Crippen LogP contribution is 2.47. The second-order valence-corrected chi connectivity index (χ2v) is 6.98. The van der Waals surface area contributed by atoms with Crippen molar-refractivity contribution in [2.45, 2.75) is 31.1 Å². The van der Waals surface area contributed by atoms with Crippen LogP contribution >= 0.6 is 0 Å². The summed E-state index contributed by atoms with van der Waals surface area (Å²) in [6.07, 6.45) is 4.13. The van der Waals surface area contributed by atoms with Gasteiger partial charge in [-0.25, -0.2) is 4.39 Å². The van der Waals surface area contributed by atoms with Gasteiger partial charge < -0.3 is 4.90 Å². The first-order chi connectivity index (χ1) is 11.5. The number of nitriles is 1. The van der Waals surface area contributed by atoms with Gasteiger partial charge in [-0.05, 0) is 87.3 Å². The monoisotopic (exact) mass is 321 g/mol. The van der Waals surface area contributed by atoms with Crippen molar-refractivity contribution in [1.82, 2.24) is 4.90 Å². The lowest BCUT2D eigenvalue weighted by Crippen LogP contribution is -2.26. The van der Waals surface area contributed by atoms with Crippen LogP contribution in [0, 0.1) is 17.1 Å². The van der Waals surface area contributed by atoms with E-state index in [4.69, 9.17) is 5.26 Å². The van der Waals surface area contributed by atoms with Crippen LogP contribution < -0.4 is 0 Å². The molecule has 0 fully saturated rings. The van der Waals surface area contributed by atoms with Crippen LogP contribution in [0.4, 0.5) is 4.39 Å². The van der Waals surface area contributed by atoms with Gasteiger partial charge in [-0.1, -0.05) is 18.2 Å². The maximum Gasteiger partial charge on any atom is 0.123 e. The van der Waals surface area contributed by atoms with Crippen LogP contribution in [0.1, 0.15) is 41.5 Å². The van der Waals surface area contributed by atoms with Crippen LogP contribution in [-0.2, 0) is 11.8 Å². The average Bonchev–Trinajstić information content (AvgIpc) is 2.94. The molecule has 0 amide bonds. The number of hydrogen-bond acceptors (Lipinski definition) is 2. The molecule has 0 aromatic heterocycles. The van der Waals surface area contributed by atoms with Crippen molar-refractivity contribution in [3.8, 4) is 6.07 Å². The molecule has 1 atom stereocenters. The Hall–Kier alpha value is -2.18. The zero-order valence-corrected chi connectivity index (χ0v) is 14.3. The topological polar surface area (TPSA) is 27.0 Å². The Morgan fingerprint density at radius 2 is 1.92 bits per heavy atom. The summed E-state index contributed by atoms with van der Waals surface area (Å²) in [5.74, 6) is -0.194. The lowest BCUT2D eigenvalue weighted by Gasteiger charge is -2.32. The van der Waals surface area contributed by atoms with Gasteiger partial charge in [0.15, 0.2) is 0 Å². The van der Waals surface area contributed by atoms with Gasteiger partial charge in [0.2, 0.25) is 0 Å². The highest BCUT2D eigenvalue weighted by Gasteiger charge is 2.39. The van der Waals surface area contributed by atoms with Crippen LogP contribution in [0.15, 0.2) is 42.5 Å². The van der Waals surface area contributed by atoms with Gasteiger partial charge in [-0.15, -0.1) is 0 Å². The van der Waals surface area contributed by atoms with Crippen molar-refractivity contribution in [3.05, 3.63) is 70.5 Å². The van der Waals surface area contributed by atoms with Gasteiger partial charge in [-0.3, -0.25) is 0 Å². The van der Waals surface area contributed by atoms with Gasteiger partial charge >= 0.3 is 0 Å². The molecule has 0 heterocycles. The number of halogens is 1. The average molecular weight is 321 g/mol. The molecule has 0 radical (unpaired) electrons. The molecule has 2 aromatic rings. The van der Waals surface area contributed by atoms with E-state index in [1.54, 1.807) is 12.1 Å². The summed E-state index contributed by atoms with van der Waals surface area (Å²) in [5.41, 5.74) is 4.42. The molecule has 2 aromatic carbocycles. The second kappa shape index (κ2) is 6.75. The lowest BCUT2D eigenvalue weighted by atomic mass is 9.72. The number of hydrogen-bond donors (Lipinski definition) is 0. The second-order valence-electron chi connectivity index (χ2n) is 6.98. The Morgan fingerprint density at radius 1 is 1.17 bits per heavy atom. The highest BCUT2D eigenvalue weighted by atomic mass is 19.1. The largest absolute Gasteiger partial charge is 0.309 e. The minimum atomic E-state index is -0.194. The van der Waals surface area contributed by atoms with E-state index in [0.717, 1.165) is 37.8 Å². The van der Waals surface area contributed by atoms with E-state index in [0.29, 0.717) is 0 Å². The van der Waals surface area contributed by atoms with E-state index in [9.17, 15) is 4.39 Å². The quantitative estimate of drug-likeness (QED) is 0.822. The van der Waals surface area contributed by atoms with Crippen molar-refractivity contribution in [2.75, 3.05) is 20.6 Å². The molecule has 0 bridgehead atoms. The first-order valence-corrected chi connectivity index (χ1v) is 8.49. The van der Waals surface area contributed by atoms with Crippen LogP contribution in [0.2, 0.25) is 0 Å². The van der Waals surface area contributed by atoms with E-state index in [1.807, 2.05) is 24.3 Å². The molecular weight excluding hydrogens is 298 g/mol. The van der Waals surface area contributed by atoms with Crippen molar-refractivity contribution >= 4 is 0 Å². The van der Waals surface area contributed by atoms with Crippen molar-refractivity contribution < 1.29 is 4.39 Å². The maximum atomic E-state index is 13.4. The van der Waals surface area contributed by atoms with E-state index in [1.165, 1.54) is 16.7 Å². The number of aryl methyl sites for hydroxylation is 1. The Morgan fingerprint density at radius 3 is 2.58 bits per heavy atom. The molecule has 124 valence electrons. The fourth-order valence-corrected chi connectivity index (χ4v) is 3.99. The number of nitrogens with zero attached hydrogens (tertiary/aromatic N) is 2. The Kier molecular flexibility index (Phi) is 4.69. The Labute approximate surface area is 143 Å². The van der Waals surface area contributed by atoms with E-state index in [2.05, 4.69) is 31.1 Å². The molecule has 2 nitrogen and oxygen atoms in total. The molecule has 1 unspecified atom stereocenters. The number of rotatable bonds is 5. The summed E-state index contributed by atoms with van der Waals surface area (Å²) in [6.45, 7) is 1.04. The SMILES string of the molecule is CN([11CH3])CCCC1(c2ccc(F)cc2)CCc2cc(C#N)ccc21. The van der Waals surface area contributed by atoms with Crippen molar-refractivity contribution in [3.63, 3.8) is 0 Å². The van der Waals surface area contributed by atoms with Gasteiger partial charge in [-0.2, -0.15) is 5.26 Å². The lowest BCUT2D eigenvalue weighted by molar-refractivity contribution is 0.359. The summed E-state index contributed by atoms with van der Waals surface area (Å²) in [7, 11) is 4.18. The predicted molar refractivity (Wildman–Crippen MR) is 94.4 cm³/mol. The van der Waals surface area contributed by atoms with Gasteiger partial charge in [0, 0.05) is 5.41 Å². The molecule has 1 aliphatic rings. The van der Waals surface area contributed by atoms with Gasteiger partial charge in [0.05, 0.1) is 11.6 Å². The van der Waals surface area contributed by atoms with E-state index >= 15 is 0 Å². The van der Waals surface area contributed by atoms with E-state index < -0.39 is 0 Å². The van der Waals surface area contributed by atoms with Crippen LogP contribution in [0.5, 0.6) is 0 Å². The van der Waals surface area contributed by atoms with Crippen LogP contribution in [-0.4, -0.2) is 25.5 Å². The molecule has 24 heavy (non-hydrogen) atoms.